The third-order valence-corrected chi connectivity index (χ3v) is 4.14. The molecule has 1 aliphatic rings. The Morgan fingerprint density at radius 1 is 1.35 bits per heavy atom. The molecule has 1 aromatic heterocycles. The normalized spacial score (nSPS) is 28.6. The van der Waals surface area contributed by atoms with Crippen LogP contribution in [0.2, 0.25) is 5.02 Å². The number of aliphatic hydroxyl groups excluding tert-OH is 2. The van der Waals surface area contributed by atoms with Gasteiger partial charge in [-0.15, -0.1) is 5.10 Å². The Balaban J connectivity index is 1.83. The molecule has 2 heterocycles. The van der Waals surface area contributed by atoms with Crippen molar-refractivity contribution in [3.63, 3.8) is 0 Å². The number of hydrogen-bond donors (Lipinski definition) is 4. The number of nitrogens with zero attached hydrogens (tertiary/aromatic N) is 3. The fraction of sp³-hybridized carbons (Fsp3) is 0.455. The highest BCUT2D eigenvalue weighted by Gasteiger charge is 2.45. The van der Waals surface area contributed by atoms with Crippen LogP contribution in [0.4, 0.5) is 0 Å². The van der Waals surface area contributed by atoms with Crippen molar-refractivity contribution in [2.24, 2.45) is 0 Å². The van der Waals surface area contributed by atoms with Crippen molar-refractivity contribution < 1.29 is 33.8 Å². The van der Waals surface area contributed by atoms with E-state index in [0.29, 0.717) is 16.1 Å². The molecule has 0 bridgehead atoms. The number of rotatable bonds is 4. The second-order valence-corrected chi connectivity index (χ2v) is 6.68. The number of hydrogen-bond acceptors (Lipinski definition) is 7. The van der Waals surface area contributed by atoms with Crippen molar-refractivity contribution in [1.29, 1.82) is 0 Å². The molecule has 0 unspecified atom stereocenters. The van der Waals surface area contributed by atoms with Gasteiger partial charge in [0.2, 0.25) is 0 Å². The van der Waals surface area contributed by atoms with Crippen molar-refractivity contribution in [1.82, 2.24) is 15.0 Å². The van der Waals surface area contributed by atoms with E-state index < -0.39 is 39.0 Å². The highest BCUT2D eigenvalue weighted by Crippen LogP contribution is 2.38. The molecule has 1 fully saturated rings. The molecule has 1 saturated heterocycles. The molecular weight excluding hydrogens is 353 g/mol. The van der Waals surface area contributed by atoms with Gasteiger partial charge >= 0.3 is 7.82 Å². The summed E-state index contributed by atoms with van der Waals surface area (Å²) in [5.41, 5.74) is 0.986. The number of ether oxygens (including phenoxy) is 1. The maximum absolute atomic E-state index is 10.7. The minimum absolute atomic E-state index is 0.463. The monoisotopic (exact) mass is 365 g/mol. The SMILES string of the molecule is O=P(O)(O)OC[C@H]1O[C@@H](n2nnc3cc(Cl)ccc32)[C@H](O)[C@@H]1O. The van der Waals surface area contributed by atoms with E-state index in [9.17, 15) is 14.8 Å². The first-order valence-corrected chi connectivity index (χ1v) is 8.39. The van der Waals surface area contributed by atoms with Gasteiger partial charge in [0.05, 0.1) is 12.1 Å². The number of aliphatic hydroxyl groups is 2. The predicted molar refractivity (Wildman–Crippen MR) is 76.5 cm³/mol. The highest BCUT2D eigenvalue weighted by atomic mass is 35.5. The Kier molecular flexibility index (Phi) is 4.43. The van der Waals surface area contributed by atoms with Gasteiger partial charge in [-0.1, -0.05) is 16.8 Å². The molecule has 1 aliphatic heterocycles. The second-order valence-electron chi connectivity index (χ2n) is 5.00. The zero-order valence-electron chi connectivity index (χ0n) is 11.4. The first-order valence-electron chi connectivity index (χ1n) is 6.48. The Labute approximate surface area is 134 Å². The average Bonchev–Trinajstić information content (AvgIpc) is 2.99. The van der Waals surface area contributed by atoms with E-state index in [0.717, 1.165) is 0 Å². The van der Waals surface area contributed by atoms with Crippen LogP contribution in [0.1, 0.15) is 6.23 Å². The quantitative estimate of drug-likeness (QED) is 0.541. The number of phosphoric ester groups is 1. The summed E-state index contributed by atoms with van der Waals surface area (Å²) in [5, 5.41) is 28.3. The van der Waals surface area contributed by atoms with Crippen molar-refractivity contribution in [3.8, 4) is 0 Å². The zero-order valence-corrected chi connectivity index (χ0v) is 13.1. The lowest BCUT2D eigenvalue weighted by Crippen LogP contribution is -2.33. The van der Waals surface area contributed by atoms with Crippen molar-refractivity contribution in [3.05, 3.63) is 23.2 Å². The van der Waals surface area contributed by atoms with Crippen LogP contribution >= 0.6 is 19.4 Å². The predicted octanol–water partition coefficient (Wildman–Crippen LogP) is -0.187. The molecule has 4 N–H and O–H groups in total. The molecule has 23 heavy (non-hydrogen) atoms. The van der Waals surface area contributed by atoms with Crippen molar-refractivity contribution >= 4 is 30.5 Å². The minimum Gasteiger partial charge on any atom is -0.387 e. The molecule has 0 spiro atoms. The van der Waals surface area contributed by atoms with E-state index >= 15 is 0 Å². The number of halogens is 1. The van der Waals surface area contributed by atoms with Crippen LogP contribution in [-0.2, 0) is 13.8 Å². The maximum atomic E-state index is 10.7. The van der Waals surface area contributed by atoms with Crippen LogP contribution in [0.5, 0.6) is 0 Å². The summed E-state index contributed by atoms with van der Waals surface area (Å²) in [7, 11) is -4.71. The summed E-state index contributed by atoms with van der Waals surface area (Å²) in [6.07, 6.45) is -4.99. The number of benzene rings is 1. The Hall–Kier alpha value is -1.10. The van der Waals surface area contributed by atoms with Gasteiger partial charge in [0.1, 0.15) is 23.8 Å². The molecular formula is C11H13ClN3O7P. The first-order chi connectivity index (χ1) is 10.8. The van der Waals surface area contributed by atoms with E-state index in [1.54, 1.807) is 18.2 Å². The van der Waals surface area contributed by atoms with Crippen LogP contribution in [0.3, 0.4) is 0 Å². The lowest BCUT2D eigenvalue weighted by Gasteiger charge is -2.15. The molecule has 0 amide bonds. The second kappa shape index (κ2) is 6.08. The van der Waals surface area contributed by atoms with Crippen LogP contribution in [-0.4, -0.2) is 59.9 Å². The molecule has 0 aliphatic carbocycles. The van der Waals surface area contributed by atoms with Gasteiger partial charge in [-0.2, -0.15) is 0 Å². The summed E-state index contributed by atoms with van der Waals surface area (Å²) in [4.78, 5) is 17.4. The minimum atomic E-state index is -4.71. The number of fused-ring (bicyclic) bond motifs is 1. The summed E-state index contributed by atoms with van der Waals surface area (Å²) in [6, 6.07) is 4.81. The molecule has 10 nitrogen and oxygen atoms in total. The fourth-order valence-corrected chi connectivity index (χ4v) is 2.85. The summed E-state index contributed by atoms with van der Waals surface area (Å²) in [6.45, 7) is -0.586. The molecule has 0 saturated carbocycles. The van der Waals surface area contributed by atoms with Crippen LogP contribution < -0.4 is 0 Å². The third-order valence-electron chi connectivity index (χ3n) is 3.42. The van der Waals surface area contributed by atoms with Crippen molar-refractivity contribution in [2.45, 2.75) is 24.5 Å². The Morgan fingerprint density at radius 3 is 2.78 bits per heavy atom. The first kappa shape index (κ1) is 16.7. The fourth-order valence-electron chi connectivity index (χ4n) is 2.34. The maximum Gasteiger partial charge on any atom is 0.469 e. The average molecular weight is 366 g/mol. The lowest BCUT2D eigenvalue weighted by atomic mass is 10.1. The molecule has 126 valence electrons. The van der Waals surface area contributed by atoms with E-state index in [2.05, 4.69) is 14.8 Å². The van der Waals surface area contributed by atoms with E-state index in [1.807, 2.05) is 0 Å². The van der Waals surface area contributed by atoms with Gasteiger partial charge in [-0.25, -0.2) is 9.25 Å². The van der Waals surface area contributed by atoms with Crippen LogP contribution in [0.25, 0.3) is 11.0 Å². The van der Waals surface area contributed by atoms with Gasteiger partial charge in [0.25, 0.3) is 0 Å². The standard InChI is InChI=1S/C11H13ClN3O7P/c12-5-1-2-7-6(3-5)13-14-15(7)11-10(17)9(16)8(22-11)4-21-23(18,19)20/h1-3,8-11,16-17H,4H2,(H2,18,19,20)/t8-,9-,10-,11-/m1/s1. The van der Waals surface area contributed by atoms with Crippen molar-refractivity contribution in [2.75, 3.05) is 6.61 Å². The van der Waals surface area contributed by atoms with Crippen LogP contribution in [0.15, 0.2) is 18.2 Å². The smallest absolute Gasteiger partial charge is 0.387 e. The molecule has 3 rings (SSSR count). The molecule has 2 aromatic rings. The van der Waals surface area contributed by atoms with Gasteiger partial charge in [0, 0.05) is 5.02 Å². The van der Waals surface area contributed by atoms with E-state index in [-0.39, 0.29) is 0 Å². The van der Waals surface area contributed by atoms with Gasteiger partial charge in [-0.3, -0.25) is 4.52 Å². The molecule has 0 radical (unpaired) electrons. The largest absolute Gasteiger partial charge is 0.469 e. The third kappa shape index (κ3) is 3.39. The Morgan fingerprint density at radius 2 is 2.09 bits per heavy atom. The zero-order chi connectivity index (χ0) is 16.8. The topological polar surface area (TPSA) is 147 Å². The molecule has 4 atom stereocenters. The number of aromatic nitrogens is 3. The number of phosphoric acid groups is 1. The summed E-state index contributed by atoms with van der Waals surface area (Å²) < 4.78 is 21.7. The highest BCUT2D eigenvalue weighted by molar-refractivity contribution is 7.46. The van der Waals surface area contributed by atoms with Gasteiger partial charge < -0.3 is 24.7 Å². The summed E-state index contributed by atoms with van der Waals surface area (Å²) >= 11 is 5.86. The van der Waals surface area contributed by atoms with E-state index in [1.165, 1.54) is 4.68 Å². The van der Waals surface area contributed by atoms with E-state index in [4.69, 9.17) is 26.1 Å². The van der Waals surface area contributed by atoms with Gasteiger partial charge in [-0.05, 0) is 18.2 Å². The lowest BCUT2D eigenvalue weighted by molar-refractivity contribution is -0.0564. The van der Waals surface area contributed by atoms with Gasteiger partial charge in [0.15, 0.2) is 6.23 Å². The van der Waals surface area contributed by atoms with Crippen LogP contribution in [0, 0.1) is 0 Å². The molecule has 1 aromatic carbocycles. The summed E-state index contributed by atoms with van der Waals surface area (Å²) in [5.74, 6) is 0. The molecule has 12 heteroatoms. The Bertz CT molecular complexity index is 765.